The van der Waals surface area contributed by atoms with Crippen molar-refractivity contribution in [2.24, 2.45) is 4.99 Å². The minimum Gasteiger partial charge on any atom is -0.356 e. The molecular weight excluding hydrogens is 519 g/mol. The van der Waals surface area contributed by atoms with Crippen LogP contribution in [0.1, 0.15) is 36.5 Å². The zero-order valence-electron chi connectivity index (χ0n) is 19.3. The summed E-state index contributed by atoms with van der Waals surface area (Å²) in [5, 5.41) is 6.34. The van der Waals surface area contributed by atoms with E-state index in [1.54, 1.807) is 7.05 Å². The largest absolute Gasteiger partial charge is 0.356 e. The number of nitrogens with one attached hydrogen (secondary N) is 2. The number of carbonyl (C=O) groups is 2. The monoisotopic (exact) mass is 556 g/mol. The third-order valence-electron chi connectivity index (χ3n) is 6.11. The van der Waals surface area contributed by atoms with Gasteiger partial charge in [-0.15, -0.1) is 24.0 Å². The van der Waals surface area contributed by atoms with Crippen molar-refractivity contribution in [3.05, 3.63) is 35.9 Å². The lowest BCUT2D eigenvalue weighted by Gasteiger charge is -2.39. The Kier molecular flexibility index (Phi) is 11.2. The molecule has 1 aromatic rings. The average Bonchev–Trinajstić information content (AvgIpc) is 3.36. The Morgan fingerprint density at radius 3 is 2.19 bits per heavy atom. The van der Waals surface area contributed by atoms with Gasteiger partial charge in [0.15, 0.2) is 5.96 Å². The molecule has 0 saturated carbocycles. The van der Waals surface area contributed by atoms with E-state index in [0.717, 1.165) is 71.0 Å². The zero-order chi connectivity index (χ0) is 22.1. The van der Waals surface area contributed by atoms with E-state index < -0.39 is 0 Å². The van der Waals surface area contributed by atoms with Crippen molar-refractivity contribution in [1.29, 1.82) is 0 Å². The molecule has 32 heavy (non-hydrogen) atoms. The van der Waals surface area contributed by atoms with Crippen LogP contribution in [0.3, 0.4) is 0 Å². The molecular formula is C23H37IN6O2. The summed E-state index contributed by atoms with van der Waals surface area (Å²) in [5.74, 6) is 1.11. The number of guanidine groups is 1. The second-order valence-electron chi connectivity index (χ2n) is 8.18. The van der Waals surface area contributed by atoms with Crippen LogP contribution in [0.4, 0.5) is 0 Å². The minimum atomic E-state index is -0.0524. The highest BCUT2D eigenvalue weighted by molar-refractivity contribution is 14.0. The topological polar surface area (TPSA) is 80.3 Å². The smallest absolute Gasteiger partial charge is 0.251 e. The van der Waals surface area contributed by atoms with E-state index in [4.69, 9.17) is 0 Å². The van der Waals surface area contributed by atoms with Gasteiger partial charge in [0.05, 0.1) is 6.04 Å². The van der Waals surface area contributed by atoms with Crippen molar-refractivity contribution < 1.29 is 9.59 Å². The van der Waals surface area contributed by atoms with Gasteiger partial charge in [0.1, 0.15) is 0 Å². The molecule has 2 fully saturated rings. The molecule has 0 spiro atoms. The molecule has 2 saturated heterocycles. The molecule has 2 amide bonds. The second-order valence-corrected chi connectivity index (χ2v) is 8.18. The van der Waals surface area contributed by atoms with E-state index in [2.05, 4.69) is 25.4 Å². The highest BCUT2D eigenvalue weighted by Crippen LogP contribution is 2.14. The number of nitrogens with zero attached hydrogens (tertiary/aromatic N) is 4. The van der Waals surface area contributed by atoms with Crippen molar-refractivity contribution in [2.45, 2.75) is 32.2 Å². The van der Waals surface area contributed by atoms with E-state index in [0.29, 0.717) is 12.1 Å². The molecule has 3 rings (SSSR count). The molecule has 2 N–H and O–H groups in total. The average molecular weight is 556 g/mol. The minimum absolute atomic E-state index is 0. The van der Waals surface area contributed by atoms with Crippen molar-refractivity contribution >= 4 is 41.8 Å². The number of benzene rings is 1. The Hall–Kier alpha value is -1.88. The Labute approximate surface area is 208 Å². The maximum Gasteiger partial charge on any atom is 0.251 e. The fourth-order valence-electron chi connectivity index (χ4n) is 4.19. The third-order valence-corrected chi connectivity index (χ3v) is 6.11. The van der Waals surface area contributed by atoms with E-state index >= 15 is 0 Å². The predicted octanol–water partition coefficient (Wildman–Crippen LogP) is 1.63. The molecule has 1 atom stereocenters. The van der Waals surface area contributed by atoms with Gasteiger partial charge in [0, 0.05) is 65.0 Å². The maximum atomic E-state index is 12.7. The van der Waals surface area contributed by atoms with Crippen LogP contribution in [0, 0.1) is 0 Å². The van der Waals surface area contributed by atoms with Crippen LogP contribution in [-0.2, 0) is 4.79 Å². The zero-order valence-corrected chi connectivity index (χ0v) is 21.6. The van der Waals surface area contributed by atoms with Crippen LogP contribution < -0.4 is 10.6 Å². The van der Waals surface area contributed by atoms with E-state index in [9.17, 15) is 9.59 Å². The highest BCUT2D eigenvalue weighted by Gasteiger charge is 2.30. The third kappa shape index (κ3) is 7.33. The lowest BCUT2D eigenvalue weighted by Crippen LogP contribution is -2.57. The molecule has 1 unspecified atom stereocenters. The molecule has 1 aromatic carbocycles. The quantitative estimate of drug-likeness (QED) is 0.231. The standard InChI is InChI=1S/C23H36N6O2.HI/c1-19(22(31)28-13-6-7-14-28)27-15-17-29(18-16-27)23(24-2)26-12-8-11-25-21(30)20-9-4-3-5-10-20;/h3-5,9-10,19H,6-8,11-18H2,1-2H3,(H,24,26)(H,25,30);1H. The molecule has 2 heterocycles. The van der Waals surface area contributed by atoms with Crippen molar-refractivity contribution in [1.82, 2.24) is 25.3 Å². The molecule has 9 heteroatoms. The number of likely N-dealkylation sites (tertiary alicyclic amines) is 1. The lowest BCUT2D eigenvalue weighted by atomic mass is 10.2. The maximum absolute atomic E-state index is 12.7. The molecule has 2 aliphatic heterocycles. The molecule has 0 aliphatic carbocycles. The summed E-state index contributed by atoms with van der Waals surface area (Å²) in [5.41, 5.74) is 0.682. The number of carbonyl (C=O) groups excluding carboxylic acids is 2. The van der Waals surface area contributed by atoms with Gasteiger partial charge in [-0.3, -0.25) is 19.5 Å². The van der Waals surface area contributed by atoms with Crippen molar-refractivity contribution in [3.63, 3.8) is 0 Å². The Balaban J connectivity index is 0.00000363. The Bertz CT molecular complexity index is 746. The van der Waals surface area contributed by atoms with Gasteiger partial charge in [-0.2, -0.15) is 0 Å². The number of halogens is 1. The first-order valence-corrected chi connectivity index (χ1v) is 11.4. The molecule has 0 aromatic heterocycles. The van der Waals surface area contributed by atoms with Crippen molar-refractivity contribution in [2.75, 3.05) is 59.4 Å². The second kappa shape index (κ2) is 13.6. The van der Waals surface area contributed by atoms with Crippen molar-refractivity contribution in [3.8, 4) is 0 Å². The number of hydrogen-bond acceptors (Lipinski definition) is 4. The molecule has 8 nitrogen and oxygen atoms in total. The summed E-state index contributed by atoms with van der Waals surface area (Å²) in [6.45, 7) is 8.62. The van der Waals surface area contributed by atoms with Crippen LogP contribution >= 0.6 is 24.0 Å². The number of hydrogen-bond donors (Lipinski definition) is 2. The van der Waals surface area contributed by atoms with Gasteiger partial charge in [0.2, 0.25) is 5.91 Å². The van der Waals surface area contributed by atoms with Gasteiger partial charge in [0.25, 0.3) is 5.91 Å². The van der Waals surface area contributed by atoms with E-state index in [1.165, 1.54) is 0 Å². The first-order chi connectivity index (χ1) is 15.1. The Morgan fingerprint density at radius 1 is 0.938 bits per heavy atom. The number of piperazine rings is 1. The van der Waals surface area contributed by atoms with E-state index in [1.807, 2.05) is 42.2 Å². The van der Waals surface area contributed by atoms with Crippen LogP contribution in [0.5, 0.6) is 0 Å². The van der Waals surface area contributed by atoms with Crippen LogP contribution in [0.15, 0.2) is 35.3 Å². The summed E-state index contributed by atoms with van der Waals surface area (Å²) in [6, 6.07) is 9.21. The number of rotatable bonds is 7. The number of amides is 2. The SMILES string of the molecule is CN=C(NCCCNC(=O)c1ccccc1)N1CCN(C(C)C(=O)N2CCCC2)CC1.I. The van der Waals surface area contributed by atoms with Crippen LogP contribution in [0.2, 0.25) is 0 Å². The first-order valence-electron chi connectivity index (χ1n) is 11.4. The lowest BCUT2D eigenvalue weighted by molar-refractivity contribution is -0.135. The fourth-order valence-corrected chi connectivity index (χ4v) is 4.19. The highest BCUT2D eigenvalue weighted by atomic mass is 127. The molecule has 2 aliphatic rings. The molecule has 0 radical (unpaired) electrons. The van der Waals surface area contributed by atoms with E-state index in [-0.39, 0.29) is 41.8 Å². The van der Waals surface area contributed by atoms with Gasteiger partial charge in [-0.1, -0.05) is 18.2 Å². The summed E-state index contributed by atoms with van der Waals surface area (Å²) in [4.78, 5) is 35.7. The molecule has 0 bridgehead atoms. The first kappa shape index (κ1) is 26.4. The number of aliphatic imine (C=N–C) groups is 1. The van der Waals surface area contributed by atoms with Gasteiger partial charge in [-0.05, 0) is 38.3 Å². The molecule has 178 valence electrons. The predicted molar refractivity (Wildman–Crippen MR) is 139 cm³/mol. The summed E-state index contributed by atoms with van der Waals surface area (Å²) < 4.78 is 0. The summed E-state index contributed by atoms with van der Waals surface area (Å²) in [7, 11) is 1.80. The van der Waals surface area contributed by atoms with Gasteiger partial charge in [-0.25, -0.2) is 0 Å². The van der Waals surface area contributed by atoms with Crippen LogP contribution in [0.25, 0.3) is 0 Å². The fraction of sp³-hybridized carbons (Fsp3) is 0.609. The Morgan fingerprint density at radius 2 is 1.56 bits per heavy atom. The van der Waals surface area contributed by atoms with Crippen LogP contribution in [-0.4, -0.2) is 97.9 Å². The normalized spacial score (nSPS) is 18.1. The van der Waals surface area contributed by atoms with Gasteiger partial charge >= 0.3 is 0 Å². The summed E-state index contributed by atoms with van der Waals surface area (Å²) >= 11 is 0. The van der Waals surface area contributed by atoms with Gasteiger partial charge < -0.3 is 20.4 Å². The summed E-state index contributed by atoms with van der Waals surface area (Å²) in [6.07, 6.45) is 3.08.